The van der Waals surface area contributed by atoms with E-state index in [9.17, 15) is 0 Å². The molecule has 0 heterocycles. The monoisotopic (exact) mass is 202 g/mol. The topological polar surface area (TPSA) is 18.5 Å². The summed E-state index contributed by atoms with van der Waals surface area (Å²) in [4.78, 5) is 0. The first-order chi connectivity index (χ1) is 6.26. The summed E-state index contributed by atoms with van der Waals surface area (Å²) in [6.45, 7) is 2.18. The fourth-order valence-corrected chi connectivity index (χ4v) is 4.07. The van der Waals surface area contributed by atoms with E-state index < -0.39 is 8.56 Å². The molecule has 1 fully saturated rings. The van der Waals surface area contributed by atoms with Gasteiger partial charge in [-0.05, 0) is 18.0 Å². The summed E-state index contributed by atoms with van der Waals surface area (Å²) in [7, 11) is 1.85. The molecule has 0 unspecified atom stereocenters. The number of hydrogen-bond acceptors (Lipinski definition) is 2. The van der Waals surface area contributed by atoms with E-state index in [1.54, 1.807) is 14.2 Å². The second kappa shape index (κ2) is 5.13. The van der Waals surface area contributed by atoms with Gasteiger partial charge in [-0.25, -0.2) is 0 Å². The van der Waals surface area contributed by atoms with E-state index in [0.717, 1.165) is 12.0 Å². The van der Waals surface area contributed by atoms with Crippen LogP contribution in [0.4, 0.5) is 0 Å². The van der Waals surface area contributed by atoms with Gasteiger partial charge in [-0.1, -0.05) is 32.6 Å². The van der Waals surface area contributed by atoms with E-state index in [4.69, 9.17) is 8.85 Å². The predicted molar refractivity (Wildman–Crippen MR) is 57.0 cm³/mol. The Labute approximate surface area is 82.9 Å². The standard InChI is InChI=1S/C10H22O2Si/c1-4-13(11-2,12-3)9-5-6-10-7-8-10/h10H,4-9H2,1-3H3. The maximum atomic E-state index is 5.56. The van der Waals surface area contributed by atoms with Crippen molar-refractivity contribution in [1.82, 2.24) is 0 Å². The van der Waals surface area contributed by atoms with E-state index >= 15 is 0 Å². The molecule has 0 atom stereocenters. The van der Waals surface area contributed by atoms with E-state index in [-0.39, 0.29) is 0 Å². The minimum atomic E-state index is -1.76. The third-order valence-electron chi connectivity index (χ3n) is 3.15. The molecule has 0 radical (unpaired) electrons. The largest absolute Gasteiger partial charge is 0.398 e. The average Bonchev–Trinajstić information content (AvgIpc) is 2.97. The molecule has 0 aromatic heterocycles. The van der Waals surface area contributed by atoms with Gasteiger partial charge >= 0.3 is 8.56 Å². The molecule has 1 saturated carbocycles. The minimum Gasteiger partial charge on any atom is -0.398 e. The average molecular weight is 202 g/mol. The summed E-state index contributed by atoms with van der Waals surface area (Å²) in [6.07, 6.45) is 5.61. The smallest absolute Gasteiger partial charge is 0.337 e. The summed E-state index contributed by atoms with van der Waals surface area (Å²) in [5.74, 6) is 1.04. The Hall–Kier alpha value is 0.137. The van der Waals surface area contributed by atoms with Crippen LogP contribution in [0.25, 0.3) is 0 Å². The van der Waals surface area contributed by atoms with Crippen molar-refractivity contribution < 1.29 is 8.85 Å². The quantitative estimate of drug-likeness (QED) is 0.591. The van der Waals surface area contributed by atoms with Crippen molar-refractivity contribution in [3.8, 4) is 0 Å². The SMILES string of the molecule is CC[Si](CCCC1CC1)(OC)OC. The zero-order chi connectivity index (χ0) is 9.73. The van der Waals surface area contributed by atoms with Crippen LogP contribution >= 0.6 is 0 Å². The normalized spacial score (nSPS) is 17.8. The van der Waals surface area contributed by atoms with Gasteiger partial charge in [-0.15, -0.1) is 0 Å². The predicted octanol–water partition coefficient (Wildman–Crippen LogP) is 2.93. The van der Waals surface area contributed by atoms with Crippen LogP contribution in [0.3, 0.4) is 0 Å². The van der Waals surface area contributed by atoms with Crippen molar-refractivity contribution in [2.24, 2.45) is 5.92 Å². The van der Waals surface area contributed by atoms with Crippen molar-refractivity contribution in [3.63, 3.8) is 0 Å². The van der Waals surface area contributed by atoms with Crippen LogP contribution in [0.15, 0.2) is 0 Å². The second-order valence-corrected chi connectivity index (χ2v) is 7.85. The van der Waals surface area contributed by atoms with E-state index in [2.05, 4.69) is 6.92 Å². The lowest BCUT2D eigenvalue weighted by atomic mass is 10.2. The lowest BCUT2D eigenvalue weighted by Crippen LogP contribution is -2.38. The lowest BCUT2D eigenvalue weighted by molar-refractivity contribution is 0.241. The zero-order valence-electron chi connectivity index (χ0n) is 9.14. The first-order valence-electron chi connectivity index (χ1n) is 5.36. The summed E-state index contributed by atoms with van der Waals surface area (Å²) in [5.41, 5.74) is 0. The first-order valence-corrected chi connectivity index (χ1v) is 7.59. The second-order valence-electron chi connectivity index (χ2n) is 4.01. The number of rotatable bonds is 7. The van der Waals surface area contributed by atoms with Crippen LogP contribution in [-0.2, 0) is 8.85 Å². The fourth-order valence-electron chi connectivity index (χ4n) is 1.82. The zero-order valence-corrected chi connectivity index (χ0v) is 10.1. The summed E-state index contributed by atoms with van der Waals surface area (Å²) < 4.78 is 11.1. The van der Waals surface area contributed by atoms with Crippen LogP contribution in [0.1, 0.15) is 32.6 Å². The molecule has 0 aromatic rings. The molecule has 0 amide bonds. The molecule has 0 spiro atoms. The highest BCUT2D eigenvalue weighted by atomic mass is 28.4. The Kier molecular flexibility index (Phi) is 4.42. The van der Waals surface area contributed by atoms with Crippen molar-refractivity contribution in [2.45, 2.75) is 44.7 Å². The van der Waals surface area contributed by atoms with Crippen molar-refractivity contribution in [2.75, 3.05) is 14.2 Å². The van der Waals surface area contributed by atoms with Gasteiger partial charge in [0.15, 0.2) is 0 Å². The molecule has 1 aliphatic carbocycles. The molecule has 0 N–H and O–H groups in total. The van der Waals surface area contributed by atoms with Crippen LogP contribution in [0.2, 0.25) is 12.1 Å². The third kappa shape index (κ3) is 3.41. The molecule has 0 saturated heterocycles. The van der Waals surface area contributed by atoms with E-state index in [0.29, 0.717) is 0 Å². The summed E-state index contributed by atoms with van der Waals surface area (Å²) in [5, 5.41) is 0. The molecule has 0 aromatic carbocycles. The molecule has 1 rings (SSSR count). The molecule has 0 aliphatic heterocycles. The van der Waals surface area contributed by atoms with E-state index in [1.165, 1.54) is 31.7 Å². The van der Waals surface area contributed by atoms with Crippen LogP contribution in [-0.4, -0.2) is 22.8 Å². The van der Waals surface area contributed by atoms with Crippen molar-refractivity contribution in [1.29, 1.82) is 0 Å². The van der Waals surface area contributed by atoms with Gasteiger partial charge in [0, 0.05) is 14.2 Å². The molecule has 13 heavy (non-hydrogen) atoms. The Morgan fingerprint density at radius 1 is 1.23 bits per heavy atom. The van der Waals surface area contributed by atoms with Gasteiger partial charge in [0.25, 0.3) is 0 Å². The van der Waals surface area contributed by atoms with Crippen LogP contribution < -0.4 is 0 Å². The van der Waals surface area contributed by atoms with E-state index in [1.807, 2.05) is 0 Å². The molecular weight excluding hydrogens is 180 g/mol. The Morgan fingerprint density at radius 3 is 2.23 bits per heavy atom. The molecule has 78 valence electrons. The van der Waals surface area contributed by atoms with Gasteiger partial charge in [0.1, 0.15) is 0 Å². The Balaban J connectivity index is 2.19. The third-order valence-corrected chi connectivity index (χ3v) is 6.83. The van der Waals surface area contributed by atoms with Crippen LogP contribution in [0, 0.1) is 5.92 Å². The van der Waals surface area contributed by atoms with Gasteiger partial charge in [-0.3, -0.25) is 0 Å². The molecule has 2 nitrogen and oxygen atoms in total. The molecule has 0 bridgehead atoms. The highest BCUT2D eigenvalue weighted by Crippen LogP contribution is 2.35. The molecule has 3 heteroatoms. The van der Waals surface area contributed by atoms with Crippen molar-refractivity contribution in [3.05, 3.63) is 0 Å². The molecule has 1 aliphatic rings. The number of hydrogen-bond donors (Lipinski definition) is 0. The van der Waals surface area contributed by atoms with Gasteiger partial charge in [0.05, 0.1) is 0 Å². The highest BCUT2D eigenvalue weighted by Gasteiger charge is 2.33. The highest BCUT2D eigenvalue weighted by molar-refractivity contribution is 6.67. The van der Waals surface area contributed by atoms with Gasteiger partial charge in [-0.2, -0.15) is 0 Å². The Morgan fingerprint density at radius 2 is 1.85 bits per heavy atom. The summed E-state index contributed by atoms with van der Waals surface area (Å²) >= 11 is 0. The fraction of sp³-hybridized carbons (Fsp3) is 1.00. The maximum absolute atomic E-state index is 5.56. The first kappa shape index (κ1) is 11.2. The maximum Gasteiger partial charge on any atom is 0.337 e. The molecular formula is C10H22O2Si. The van der Waals surface area contributed by atoms with Crippen LogP contribution in [0.5, 0.6) is 0 Å². The lowest BCUT2D eigenvalue weighted by Gasteiger charge is -2.25. The minimum absolute atomic E-state index is 1.04. The van der Waals surface area contributed by atoms with Crippen molar-refractivity contribution >= 4 is 8.56 Å². The van der Waals surface area contributed by atoms with Gasteiger partial charge < -0.3 is 8.85 Å². The summed E-state index contributed by atoms with van der Waals surface area (Å²) in [6, 6.07) is 2.25. The Bertz CT molecular complexity index is 134. The van der Waals surface area contributed by atoms with Gasteiger partial charge in [0.2, 0.25) is 0 Å².